The van der Waals surface area contributed by atoms with Gasteiger partial charge in [-0.05, 0) is 12.8 Å². The molecule has 0 bridgehead atoms. The average molecular weight is 299 g/mol. The van der Waals surface area contributed by atoms with Crippen molar-refractivity contribution in [2.75, 3.05) is 27.7 Å². The van der Waals surface area contributed by atoms with Crippen molar-refractivity contribution >= 4 is 5.97 Å². The first kappa shape index (κ1) is 20.1. The van der Waals surface area contributed by atoms with Crippen LogP contribution in [0, 0.1) is 0 Å². The maximum Gasteiger partial charge on any atom is 0.137 e. The maximum atomic E-state index is 10.8. The Balaban J connectivity index is 4.21. The Morgan fingerprint density at radius 1 is 1.14 bits per heavy atom. The van der Waals surface area contributed by atoms with Gasteiger partial charge in [0.1, 0.15) is 12.1 Å². The van der Waals surface area contributed by atoms with Crippen LogP contribution in [0.4, 0.5) is 0 Å². The van der Waals surface area contributed by atoms with E-state index < -0.39 is 11.6 Å². The summed E-state index contributed by atoms with van der Waals surface area (Å²) in [5.41, 5.74) is -1.32. The van der Waals surface area contributed by atoms with Gasteiger partial charge in [-0.1, -0.05) is 51.2 Å². The molecule has 0 heterocycles. The second kappa shape index (κ2) is 9.96. The summed E-state index contributed by atoms with van der Waals surface area (Å²) in [6.07, 6.45) is 11.5. The summed E-state index contributed by atoms with van der Waals surface area (Å²) in [5.74, 6) is -1.21. The highest BCUT2D eigenvalue weighted by Gasteiger charge is 2.30. The van der Waals surface area contributed by atoms with Crippen LogP contribution in [-0.2, 0) is 4.79 Å². The first-order valence-corrected chi connectivity index (χ1v) is 8.09. The average Bonchev–Trinajstić information content (AvgIpc) is 2.29. The number of unbranched alkanes of at least 4 members (excludes halogenated alkanes) is 6. The quantitative estimate of drug-likeness (QED) is 0.340. The number of aliphatic hydroxyl groups is 1. The molecule has 0 aliphatic heterocycles. The fourth-order valence-electron chi connectivity index (χ4n) is 2.58. The number of aliphatic carboxylic acids is 1. The van der Waals surface area contributed by atoms with Gasteiger partial charge in [0.2, 0.25) is 0 Å². The smallest absolute Gasteiger partial charge is 0.137 e. The van der Waals surface area contributed by atoms with Crippen molar-refractivity contribution in [2.24, 2.45) is 0 Å². The summed E-state index contributed by atoms with van der Waals surface area (Å²) < 4.78 is 0.505. The summed E-state index contributed by atoms with van der Waals surface area (Å²) in [7, 11) is 5.80. The molecule has 0 saturated heterocycles. The highest BCUT2D eigenvalue weighted by molar-refractivity contribution is 5.66. The molecule has 124 valence electrons. The summed E-state index contributed by atoms with van der Waals surface area (Å²) >= 11 is 0. The molecule has 1 atom stereocenters. The molecular weight excluding hydrogens is 266 g/mol. The van der Waals surface area contributed by atoms with E-state index in [0.717, 1.165) is 12.8 Å². The number of allylic oxidation sites excluding steroid dienone is 1. The molecule has 0 amide bonds. The molecule has 21 heavy (non-hydrogen) atoms. The number of carbonyl (C=O) groups excluding carboxylic acids is 1. The van der Waals surface area contributed by atoms with E-state index >= 15 is 0 Å². The molecule has 0 rings (SSSR count). The maximum absolute atomic E-state index is 10.8. The van der Waals surface area contributed by atoms with Crippen molar-refractivity contribution in [1.82, 2.24) is 0 Å². The second-order valence-corrected chi connectivity index (χ2v) is 7.06. The van der Waals surface area contributed by atoms with Gasteiger partial charge in [0.15, 0.2) is 0 Å². The van der Waals surface area contributed by atoms with Gasteiger partial charge in [-0.3, -0.25) is 0 Å². The predicted octanol–water partition coefficient (Wildman–Crippen LogP) is 1.87. The topological polar surface area (TPSA) is 60.4 Å². The van der Waals surface area contributed by atoms with Crippen LogP contribution in [0.5, 0.6) is 0 Å². The lowest BCUT2D eigenvalue weighted by atomic mass is 9.97. The minimum atomic E-state index is -1.32. The van der Waals surface area contributed by atoms with Gasteiger partial charge in [0, 0.05) is 12.4 Å². The van der Waals surface area contributed by atoms with Crippen molar-refractivity contribution in [3.8, 4) is 0 Å². The van der Waals surface area contributed by atoms with Gasteiger partial charge < -0.3 is 19.5 Å². The summed E-state index contributed by atoms with van der Waals surface area (Å²) in [4.78, 5) is 10.8. The number of carbonyl (C=O) groups is 1. The second-order valence-electron chi connectivity index (χ2n) is 7.06. The molecule has 0 saturated carbocycles. The van der Waals surface area contributed by atoms with Crippen molar-refractivity contribution in [1.29, 1.82) is 0 Å². The molecule has 0 radical (unpaired) electrons. The SMILES string of the molecule is CCCCCCCCC=CC(O)(CC(=O)[O-])C[N+](C)(C)C. The van der Waals surface area contributed by atoms with Crippen LogP contribution in [0.3, 0.4) is 0 Å². The molecule has 0 aromatic heterocycles. The molecule has 1 unspecified atom stereocenters. The van der Waals surface area contributed by atoms with E-state index in [1.165, 1.54) is 32.1 Å². The largest absolute Gasteiger partial charge is 0.550 e. The van der Waals surface area contributed by atoms with Gasteiger partial charge in [-0.15, -0.1) is 0 Å². The lowest BCUT2D eigenvalue weighted by Crippen LogP contribution is -2.50. The number of quaternary nitrogens is 1. The third kappa shape index (κ3) is 12.6. The van der Waals surface area contributed by atoms with Crippen LogP contribution >= 0.6 is 0 Å². The van der Waals surface area contributed by atoms with Crippen LogP contribution in [0.25, 0.3) is 0 Å². The van der Waals surface area contributed by atoms with Crippen molar-refractivity contribution in [2.45, 2.75) is 63.9 Å². The lowest BCUT2D eigenvalue weighted by Gasteiger charge is -2.34. The van der Waals surface area contributed by atoms with Crippen LogP contribution < -0.4 is 5.11 Å². The predicted molar refractivity (Wildman–Crippen MR) is 84.6 cm³/mol. The number of likely N-dealkylation sites (N-methyl/N-ethyl adjacent to an activating group) is 1. The minimum Gasteiger partial charge on any atom is -0.550 e. The van der Waals surface area contributed by atoms with Crippen LogP contribution in [0.1, 0.15) is 58.3 Å². The number of hydrogen-bond acceptors (Lipinski definition) is 3. The first-order valence-electron chi connectivity index (χ1n) is 8.09. The van der Waals surface area contributed by atoms with Crippen LogP contribution in [0.15, 0.2) is 12.2 Å². The summed E-state index contributed by atoms with van der Waals surface area (Å²) in [6.45, 7) is 2.56. The molecule has 0 spiro atoms. The lowest BCUT2D eigenvalue weighted by molar-refractivity contribution is -0.876. The van der Waals surface area contributed by atoms with E-state index in [1.807, 2.05) is 27.2 Å². The zero-order valence-electron chi connectivity index (χ0n) is 14.2. The molecule has 1 N–H and O–H groups in total. The molecule has 0 aliphatic rings. The van der Waals surface area contributed by atoms with Gasteiger partial charge in [0.05, 0.1) is 21.1 Å². The van der Waals surface area contributed by atoms with Crippen molar-refractivity contribution in [3.05, 3.63) is 12.2 Å². The highest BCUT2D eigenvalue weighted by Crippen LogP contribution is 2.17. The van der Waals surface area contributed by atoms with E-state index in [0.29, 0.717) is 11.0 Å². The van der Waals surface area contributed by atoms with Crippen LogP contribution in [0.2, 0.25) is 0 Å². The summed E-state index contributed by atoms with van der Waals surface area (Å²) in [6, 6.07) is 0. The number of carboxylic acid groups (broad SMARTS) is 1. The van der Waals surface area contributed by atoms with E-state index in [2.05, 4.69) is 6.92 Å². The Bertz CT molecular complexity index is 320. The molecule has 4 nitrogen and oxygen atoms in total. The normalized spacial score (nSPS) is 15.3. The molecule has 0 fully saturated rings. The third-order valence-electron chi connectivity index (χ3n) is 3.35. The van der Waals surface area contributed by atoms with Crippen molar-refractivity contribution in [3.63, 3.8) is 0 Å². The summed E-state index contributed by atoms with van der Waals surface area (Å²) in [5, 5.41) is 21.3. The Morgan fingerprint density at radius 2 is 1.71 bits per heavy atom. The van der Waals surface area contributed by atoms with Gasteiger partial charge >= 0.3 is 0 Å². The van der Waals surface area contributed by atoms with E-state index in [1.54, 1.807) is 6.08 Å². The van der Waals surface area contributed by atoms with Crippen molar-refractivity contribution < 1.29 is 19.5 Å². The highest BCUT2D eigenvalue weighted by atomic mass is 16.4. The molecule has 4 heteroatoms. The zero-order chi connectivity index (χ0) is 16.4. The molecule has 0 aromatic carbocycles. The number of rotatable bonds is 12. The first-order chi connectivity index (χ1) is 9.68. The van der Waals surface area contributed by atoms with Crippen LogP contribution in [-0.4, -0.2) is 48.8 Å². The third-order valence-corrected chi connectivity index (χ3v) is 3.35. The molecule has 0 aliphatic carbocycles. The Labute approximate surface area is 130 Å². The molecular formula is C17H33NO3. The fraction of sp³-hybridized carbons (Fsp3) is 0.824. The monoisotopic (exact) mass is 299 g/mol. The molecule has 0 aromatic rings. The minimum absolute atomic E-state index is 0.352. The van der Waals surface area contributed by atoms with Gasteiger partial charge in [0.25, 0.3) is 0 Å². The number of carboxylic acids is 1. The van der Waals surface area contributed by atoms with E-state index in [-0.39, 0.29) is 6.42 Å². The Kier molecular flexibility index (Phi) is 9.54. The Hall–Kier alpha value is -0.870. The van der Waals surface area contributed by atoms with E-state index in [4.69, 9.17) is 0 Å². The van der Waals surface area contributed by atoms with Gasteiger partial charge in [-0.25, -0.2) is 0 Å². The fourth-order valence-corrected chi connectivity index (χ4v) is 2.58. The van der Waals surface area contributed by atoms with Gasteiger partial charge in [-0.2, -0.15) is 0 Å². The zero-order valence-corrected chi connectivity index (χ0v) is 14.2. The standard InChI is InChI=1S/C17H33NO3/c1-5-6-7-8-9-10-11-12-13-17(21,14-16(19)20)15-18(2,3)4/h12-13,21H,5-11,14-15H2,1-4H3. The van der Waals surface area contributed by atoms with E-state index in [9.17, 15) is 15.0 Å². The number of hydrogen-bond donors (Lipinski definition) is 1. The number of nitrogens with zero attached hydrogens (tertiary/aromatic N) is 1. The Morgan fingerprint density at radius 3 is 2.24 bits per heavy atom.